The van der Waals surface area contributed by atoms with Crippen molar-refractivity contribution in [1.29, 1.82) is 0 Å². The van der Waals surface area contributed by atoms with Gasteiger partial charge in [0.05, 0.1) is 16.5 Å². The van der Waals surface area contributed by atoms with E-state index in [9.17, 15) is 23.3 Å². The number of nitro groups is 1. The van der Waals surface area contributed by atoms with E-state index in [4.69, 9.17) is 11.6 Å². The molecule has 0 spiro atoms. The Labute approximate surface area is 181 Å². The Bertz CT molecular complexity index is 1110. The van der Waals surface area contributed by atoms with Gasteiger partial charge in [-0.2, -0.15) is 13.2 Å². The van der Waals surface area contributed by atoms with E-state index in [0.29, 0.717) is 23.7 Å². The Morgan fingerprint density at radius 3 is 2.61 bits per heavy atom. The van der Waals surface area contributed by atoms with Crippen LogP contribution in [-0.4, -0.2) is 20.9 Å². The second-order valence-electron chi connectivity index (χ2n) is 7.47. The van der Waals surface area contributed by atoms with Crippen LogP contribution >= 0.6 is 11.6 Å². The molecule has 1 aromatic heterocycles. The molecule has 31 heavy (non-hydrogen) atoms. The summed E-state index contributed by atoms with van der Waals surface area (Å²) in [5, 5.41) is 11.5. The molecule has 0 N–H and O–H groups in total. The van der Waals surface area contributed by atoms with Crippen LogP contribution in [0.2, 0.25) is 5.02 Å². The molecule has 0 aliphatic carbocycles. The number of aromatic nitrogens is 1. The fourth-order valence-corrected chi connectivity index (χ4v) is 4.35. The van der Waals surface area contributed by atoms with E-state index in [2.05, 4.69) is 0 Å². The van der Waals surface area contributed by atoms with Gasteiger partial charge in [-0.3, -0.25) is 15.0 Å². The first-order valence-corrected chi connectivity index (χ1v) is 10.1. The summed E-state index contributed by atoms with van der Waals surface area (Å²) in [5.41, 5.74) is 0.606. The first-order chi connectivity index (χ1) is 14.8. The fourth-order valence-electron chi connectivity index (χ4n) is 4.17. The Balaban J connectivity index is 1.83. The first-order valence-electron chi connectivity index (χ1n) is 9.74. The Kier molecular flexibility index (Phi) is 5.77. The summed E-state index contributed by atoms with van der Waals surface area (Å²) in [6.45, 7) is 1.37. The van der Waals surface area contributed by atoms with E-state index in [1.54, 1.807) is 6.07 Å². The van der Waals surface area contributed by atoms with Crippen LogP contribution in [-0.2, 0) is 19.3 Å². The Morgan fingerprint density at radius 2 is 1.87 bits per heavy atom. The summed E-state index contributed by atoms with van der Waals surface area (Å²) < 4.78 is 43.5. The molecule has 0 saturated carbocycles. The van der Waals surface area contributed by atoms with Crippen molar-refractivity contribution in [3.05, 3.63) is 98.3 Å². The summed E-state index contributed by atoms with van der Waals surface area (Å²) in [5.74, 6) is 0. The normalized spacial score (nSPS) is 17.2. The van der Waals surface area contributed by atoms with Gasteiger partial charge in [-0.25, -0.2) is 0 Å². The van der Waals surface area contributed by atoms with Crippen molar-refractivity contribution in [1.82, 2.24) is 9.47 Å². The summed E-state index contributed by atoms with van der Waals surface area (Å²) >= 11 is 6.30. The summed E-state index contributed by atoms with van der Waals surface area (Å²) in [7, 11) is 0. The number of halogens is 4. The van der Waals surface area contributed by atoms with E-state index < -0.39 is 22.7 Å². The van der Waals surface area contributed by atoms with Crippen LogP contribution in [0.25, 0.3) is 0 Å². The summed E-state index contributed by atoms with van der Waals surface area (Å²) in [4.78, 5) is 12.6. The van der Waals surface area contributed by atoms with Crippen molar-refractivity contribution in [3.63, 3.8) is 0 Å². The molecule has 0 radical (unpaired) electrons. The highest BCUT2D eigenvalue weighted by Gasteiger charge is 2.38. The molecule has 1 atom stereocenters. The minimum absolute atomic E-state index is 0.107. The second-order valence-corrected chi connectivity index (χ2v) is 7.88. The van der Waals surface area contributed by atoms with Gasteiger partial charge in [0, 0.05) is 48.7 Å². The number of benzene rings is 2. The molecule has 2 aromatic carbocycles. The number of alkyl halides is 3. The second kappa shape index (κ2) is 8.36. The smallest absolute Gasteiger partial charge is 0.350 e. The van der Waals surface area contributed by atoms with E-state index in [1.165, 1.54) is 30.3 Å². The van der Waals surface area contributed by atoms with Crippen molar-refractivity contribution in [2.24, 2.45) is 0 Å². The molecule has 9 heteroatoms. The zero-order chi connectivity index (χ0) is 22.2. The third kappa shape index (κ3) is 4.31. The lowest BCUT2D eigenvalue weighted by Gasteiger charge is -2.32. The monoisotopic (exact) mass is 449 g/mol. The SMILES string of the molecule is O=[N+]([O-])c1ccc(Cl)c(CN2CCCn3cccc3C2c2ccccc2C(F)(F)F)c1. The van der Waals surface area contributed by atoms with Gasteiger partial charge < -0.3 is 4.57 Å². The lowest BCUT2D eigenvalue weighted by Crippen LogP contribution is -2.31. The van der Waals surface area contributed by atoms with Gasteiger partial charge in [-0.05, 0) is 41.8 Å². The molecule has 0 saturated heterocycles. The Morgan fingerprint density at radius 1 is 1.10 bits per heavy atom. The van der Waals surface area contributed by atoms with Crippen LogP contribution in [0.1, 0.15) is 34.8 Å². The fraction of sp³-hybridized carbons (Fsp3) is 0.273. The topological polar surface area (TPSA) is 51.3 Å². The molecule has 3 aromatic rings. The summed E-state index contributed by atoms with van der Waals surface area (Å²) in [6, 6.07) is 12.7. The highest BCUT2D eigenvalue weighted by molar-refractivity contribution is 6.31. The van der Waals surface area contributed by atoms with Gasteiger partial charge in [-0.1, -0.05) is 29.8 Å². The maximum Gasteiger partial charge on any atom is 0.416 e. The zero-order valence-electron chi connectivity index (χ0n) is 16.3. The molecule has 0 fully saturated rings. The van der Waals surface area contributed by atoms with Crippen LogP contribution < -0.4 is 0 Å². The molecular formula is C22H19ClF3N3O2. The van der Waals surface area contributed by atoms with E-state index in [0.717, 1.165) is 18.2 Å². The van der Waals surface area contributed by atoms with E-state index in [1.807, 2.05) is 27.8 Å². The molecule has 1 aliphatic heterocycles. The molecule has 0 amide bonds. The standard InChI is InChI=1S/C22H19ClF3N3O2/c23-19-9-8-16(29(30)31)13-15(19)14-28-12-4-11-27-10-3-7-20(27)21(28)17-5-1-2-6-18(17)22(24,25)26/h1-3,5-10,13,21H,4,11-12,14H2. The maximum absolute atomic E-state index is 13.8. The van der Waals surface area contributed by atoms with E-state index in [-0.39, 0.29) is 17.8 Å². The average Bonchev–Trinajstić information content (AvgIpc) is 3.10. The number of rotatable bonds is 4. The minimum atomic E-state index is -4.50. The maximum atomic E-state index is 13.8. The third-order valence-corrected chi connectivity index (χ3v) is 5.90. The van der Waals surface area contributed by atoms with Crippen LogP contribution in [0.4, 0.5) is 18.9 Å². The molecule has 1 unspecified atom stereocenters. The van der Waals surface area contributed by atoms with Gasteiger partial charge in [0.2, 0.25) is 0 Å². The number of nitro benzene ring substituents is 1. The summed E-state index contributed by atoms with van der Waals surface area (Å²) in [6.07, 6.45) is -1.92. The van der Waals surface area contributed by atoms with Crippen LogP contribution in [0.3, 0.4) is 0 Å². The molecule has 2 heterocycles. The molecule has 4 rings (SSSR count). The van der Waals surface area contributed by atoms with Crippen molar-refractivity contribution >= 4 is 17.3 Å². The molecule has 162 valence electrons. The van der Waals surface area contributed by atoms with Gasteiger partial charge in [0.15, 0.2) is 0 Å². The quantitative estimate of drug-likeness (QED) is 0.359. The highest BCUT2D eigenvalue weighted by atomic mass is 35.5. The number of nitrogens with zero attached hydrogens (tertiary/aromatic N) is 3. The molecule has 5 nitrogen and oxygen atoms in total. The predicted octanol–water partition coefficient (Wildman–Crippen LogP) is 6.06. The zero-order valence-corrected chi connectivity index (χ0v) is 17.1. The average molecular weight is 450 g/mol. The lowest BCUT2D eigenvalue weighted by atomic mass is 9.95. The largest absolute Gasteiger partial charge is 0.416 e. The predicted molar refractivity (Wildman–Crippen MR) is 111 cm³/mol. The Hall–Kier alpha value is -2.84. The number of aryl methyl sites for hydroxylation is 1. The number of fused-ring (bicyclic) bond motifs is 1. The van der Waals surface area contributed by atoms with Crippen molar-refractivity contribution in [2.45, 2.75) is 31.7 Å². The molecule has 0 bridgehead atoms. The number of hydrogen-bond donors (Lipinski definition) is 0. The van der Waals surface area contributed by atoms with Gasteiger partial charge in [-0.15, -0.1) is 0 Å². The molecule has 1 aliphatic rings. The lowest BCUT2D eigenvalue weighted by molar-refractivity contribution is -0.384. The van der Waals surface area contributed by atoms with Crippen LogP contribution in [0.15, 0.2) is 60.8 Å². The van der Waals surface area contributed by atoms with Crippen molar-refractivity contribution < 1.29 is 18.1 Å². The highest BCUT2D eigenvalue weighted by Crippen LogP contribution is 2.41. The number of hydrogen-bond acceptors (Lipinski definition) is 3. The van der Waals surface area contributed by atoms with Gasteiger partial charge >= 0.3 is 6.18 Å². The van der Waals surface area contributed by atoms with Gasteiger partial charge in [0.25, 0.3) is 5.69 Å². The first kappa shape index (κ1) is 21.4. The third-order valence-electron chi connectivity index (χ3n) is 5.53. The van der Waals surface area contributed by atoms with Crippen LogP contribution in [0.5, 0.6) is 0 Å². The minimum Gasteiger partial charge on any atom is -0.350 e. The van der Waals surface area contributed by atoms with Gasteiger partial charge in [0.1, 0.15) is 0 Å². The van der Waals surface area contributed by atoms with Crippen molar-refractivity contribution in [2.75, 3.05) is 6.54 Å². The van der Waals surface area contributed by atoms with E-state index >= 15 is 0 Å². The van der Waals surface area contributed by atoms with Crippen LogP contribution in [0, 0.1) is 10.1 Å². The number of non-ortho nitro benzene ring substituents is 1. The molecular weight excluding hydrogens is 431 g/mol. The van der Waals surface area contributed by atoms with Crippen molar-refractivity contribution in [3.8, 4) is 0 Å².